The molecule has 5 rings (SSSR count). The number of hydrogen-bond donors (Lipinski definition) is 0. The number of rotatable bonds is 8. The summed E-state index contributed by atoms with van der Waals surface area (Å²) in [6.07, 6.45) is 3.13. The van der Waals surface area contributed by atoms with Crippen LogP contribution in [0.1, 0.15) is 53.9 Å². The Morgan fingerprint density at radius 3 is 2.65 bits per heavy atom. The van der Waals surface area contributed by atoms with E-state index in [0.29, 0.717) is 39.8 Å². The summed E-state index contributed by atoms with van der Waals surface area (Å²) < 4.78 is 18.1. The maximum Gasteiger partial charge on any atom is 0.295 e. The van der Waals surface area contributed by atoms with Crippen LogP contribution in [0.5, 0.6) is 11.5 Å². The Hall–Kier alpha value is -3.29. The molecule has 2 heterocycles. The normalized spacial score (nSPS) is 14.8. The minimum absolute atomic E-state index is 0.0195. The molecule has 6 nitrogen and oxygen atoms in total. The summed E-state index contributed by atoms with van der Waals surface area (Å²) in [7, 11) is 1.53. The number of benzene rings is 3. The summed E-state index contributed by atoms with van der Waals surface area (Å²) >= 11 is 9.86. The lowest BCUT2D eigenvalue weighted by molar-refractivity contribution is 0.0971. The van der Waals surface area contributed by atoms with Gasteiger partial charge < -0.3 is 13.9 Å². The summed E-state index contributed by atoms with van der Waals surface area (Å²) in [5.74, 6) is 0.761. The zero-order chi connectivity index (χ0) is 26.1. The number of anilines is 1. The number of fused-ring (bicyclic) bond motifs is 2. The first-order chi connectivity index (χ1) is 17.9. The van der Waals surface area contributed by atoms with Gasteiger partial charge in [-0.25, -0.2) is 0 Å². The third-order valence-corrected chi connectivity index (χ3v) is 7.22. The zero-order valence-electron chi connectivity index (χ0n) is 20.4. The molecule has 0 aliphatic carbocycles. The van der Waals surface area contributed by atoms with Crippen LogP contribution in [0, 0.1) is 0 Å². The monoisotopic (exact) mass is 581 g/mol. The lowest BCUT2D eigenvalue weighted by atomic mass is 9.98. The Morgan fingerprint density at radius 2 is 1.89 bits per heavy atom. The second-order valence-corrected chi connectivity index (χ2v) is 10.2. The fourth-order valence-corrected chi connectivity index (χ4v) is 5.26. The average molecular weight is 583 g/mol. The molecule has 1 amide bonds. The molecule has 8 heteroatoms. The molecular formula is C29H25BrClNO5. The third-order valence-electron chi connectivity index (χ3n) is 6.44. The van der Waals surface area contributed by atoms with Crippen LogP contribution < -0.4 is 19.8 Å². The molecule has 0 saturated carbocycles. The molecule has 0 radical (unpaired) electrons. The standard InChI is InChI=1S/C29H25BrClNO5/c1-3-4-5-13-36-20-8-6-7-17(14-20)26-25-27(33)21-15-18(30)9-11-23(21)37-28(25)29(34)32(26)19-10-12-24(35-2)22(31)16-19/h6-12,14-16,26H,3-5,13H2,1-2H3. The predicted octanol–water partition coefficient (Wildman–Crippen LogP) is 7.54. The number of unbranched alkanes of at least 4 members (excludes halogenated alkanes) is 2. The zero-order valence-corrected chi connectivity index (χ0v) is 22.8. The largest absolute Gasteiger partial charge is 0.495 e. The van der Waals surface area contributed by atoms with E-state index >= 15 is 0 Å². The summed E-state index contributed by atoms with van der Waals surface area (Å²) in [4.78, 5) is 29.2. The Labute approximate surface area is 227 Å². The smallest absolute Gasteiger partial charge is 0.295 e. The van der Waals surface area contributed by atoms with Gasteiger partial charge in [0, 0.05) is 10.2 Å². The van der Waals surface area contributed by atoms with Gasteiger partial charge in [-0.2, -0.15) is 0 Å². The second kappa shape index (κ2) is 10.6. The first kappa shape index (κ1) is 25.4. The summed E-state index contributed by atoms with van der Waals surface area (Å²) in [6.45, 7) is 2.74. The fraction of sp³-hybridized carbons (Fsp3) is 0.241. The highest BCUT2D eigenvalue weighted by Gasteiger charge is 2.44. The van der Waals surface area contributed by atoms with E-state index in [1.807, 2.05) is 24.3 Å². The SMILES string of the molecule is CCCCCOc1cccc(C2c3c(oc4ccc(Br)cc4c3=O)C(=O)N2c2ccc(OC)c(Cl)c2)c1. The van der Waals surface area contributed by atoms with Crippen molar-refractivity contribution in [1.82, 2.24) is 0 Å². The van der Waals surface area contributed by atoms with Crippen LogP contribution in [-0.4, -0.2) is 19.6 Å². The van der Waals surface area contributed by atoms with Gasteiger partial charge in [0.1, 0.15) is 17.1 Å². The van der Waals surface area contributed by atoms with Crippen molar-refractivity contribution in [2.45, 2.75) is 32.2 Å². The van der Waals surface area contributed by atoms with Gasteiger partial charge in [-0.05, 0) is 60.5 Å². The molecule has 1 aromatic heterocycles. The summed E-state index contributed by atoms with van der Waals surface area (Å²) in [5, 5.41) is 0.747. The van der Waals surface area contributed by atoms with E-state index in [2.05, 4.69) is 22.9 Å². The molecule has 1 aliphatic heterocycles. The van der Waals surface area contributed by atoms with E-state index in [0.717, 1.165) is 29.3 Å². The molecule has 0 saturated heterocycles. The minimum Gasteiger partial charge on any atom is -0.495 e. The van der Waals surface area contributed by atoms with Crippen molar-refractivity contribution in [3.05, 3.63) is 97.3 Å². The molecular weight excluding hydrogens is 558 g/mol. The van der Waals surface area contributed by atoms with E-state index in [1.165, 1.54) is 7.11 Å². The molecule has 0 fully saturated rings. The van der Waals surface area contributed by atoms with Crippen molar-refractivity contribution in [2.24, 2.45) is 0 Å². The van der Waals surface area contributed by atoms with Gasteiger partial charge >= 0.3 is 0 Å². The average Bonchev–Trinajstić information content (AvgIpc) is 3.19. The van der Waals surface area contributed by atoms with E-state index < -0.39 is 11.9 Å². The van der Waals surface area contributed by atoms with Crippen molar-refractivity contribution in [3.63, 3.8) is 0 Å². The van der Waals surface area contributed by atoms with Crippen molar-refractivity contribution in [1.29, 1.82) is 0 Å². The van der Waals surface area contributed by atoms with Gasteiger partial charge in [0.05, 0.1) is 35.7 Å². The van der Waals surface area contributed by atoms with Crippen molar-refractivity contribution < 1.29 is 18.7 Å². The fourth-order valence-electron chi connectivity index (χ4n) is 4.65. The lowest BCUT2D eigenvalue weighted by Gasteiger charge is -2.26. The second-order valence-electron chi connectivity index (χ2n) is 8.84. The molecule has 190 valence electrons. The lowest BCUT2D eigenvalue weighted by Crippen LogP contribution is -2.29. The van der Waals surface area contributed by atoms with E-state index in [1.54, 1.807) is 41.3 Å². The van der Waals surface area contributed by atoms with Gasteiger partial charge in [-0.15, -0.1) is 0 Å². The highest BCUT2D eigenvalue weighted by molar-refractivity contribution is 9.10. The van der Waals surface area contributed by atoms with Gasteiger partial charge in [-0.1, -0.05) is 59.4 Å². The maximum atomic E-state index is 13.8. The molecule has 1 aliphatic rings. The Kier molecular flexibility index (Phi) is 7.26. The van der Waals surface area contributed by atoms with Crippen LogP contribution in [0.15, 0.2) is 74.3 Å². The van der Waals surface area contributed by atoms with Gasteiger partial charge in [0.15, 0.2) is 5.43 Å². The van der Waals surface area contributed by atoms with Crippen LogP contribution >= 0.6 is 27.5 Å². The molecule has 0 spiro atoms. The Bertz CT molecular complexity index is 1550. The van der Waals surface area contributed by atoms with Crippen LogP contribution in [-0.2, 0) is 0 Å². The number of carbonyl (C=O) groups excluding carboxylic acids is 1. The molecule has 37 heavy (non-hydrogen) atoms. The summed E-state index contributed by atoms with van der Waals surface area (Å²) in [5.41, 5.74) is 1.62. The number of nitrogens with zero attached hydrogens (tertiary/aromatic N) is 1. The maximum absolute atomic E-state index is 13.8. The molecule has 3 aromatic carbocycles. The number of ether oxygens (including phenoxy) is 2. The van der Waals surface area contributed by atoms with Gasteiger partial charge in [0.2, 0.25) is 5.76 Å². The number of hydrogen-bond acceptors (Lipinski definition) is 5. The summed E-state index contributed by atoms with van der Waals surface area (Å²) in [6, 6.07) is 17.0. The van der Waals surface area contributed by atoms with Crippen molar-refractivity contribution in [3.8, 4) is 11.5 Å². The van der Waals surface area contributed by atoms with E-state index in [-0.39, 0.29) is 16.8 Å². The Morgan fingerprint density at radius 1 is 1.05 bits per heavy atom. The van der Waals surface area contributed by atoms with E-state index in [9.17, 15) is 9.59 Å². The number of methoxy groups -OCH3 is 1. The quantitative estimate of drug-likeness (QED) is 0.201. The number of amides is 1. The molecule has 0 bridgehead atoms. The number of halogens is 2. The number of carbonyl (C=O) groups is 1. The van der Waals surface area contributed by atoms with Crippen LogP contribution in [0.4, 0.5) is 5.69 Å². The van der Waals surface area contributed by atoms with Gasteiger partial charge in [0.25, 0.3) is 5.91 Å². The van der Waals surface area contributed by atoms with Crippen LogP contribution in [0.25, 0.3) is 11.0 Å². The first-order valence-corrected chi connectivity index (χ1v) is 13.3. The molecule has 4 aromatic rings. The van der Waals surface area contributed by atoms with Crippen molar-refractivity contribution >= 4 is 50.1 Å². The topological polar surface area (TPSA) is 69.0 Å². The predicted molar refractivity (Wildman–Crippen MR) is 148 cm³/mol. The van der Waals surface area contributed by atoms with Crippen LogP contribution in [0.2, 0.25) is 5.02 Å². The minimum atomic E-state index is -0.731. The highest BCUT2D eigenvalue weighted by atomic mass is 79.9. The van der Waals surface area contributed by atoms with Crippen molar-refractivity contribution in [2.75, 3.05) is 18.6 Å². The highest BCUT2D eigenvalue weighted by Crippen LogP contribution is 2.43. The molecule has 1 unspecified atom stereocenters. The first-order valence-electron chi connectivity index (χ1n) is 12.1. The third kappa shape index (κ3) is 4.74. The molecule has 1 atom stereocenters. The molecule has 0 N–H and O–H groups in total. The Balaban J connectivity index is 1.68. The van der Waals surface area contributed by atoms with E-state index in [4.69, 9.17) is 25.5 Å². The van der Waals surface area contributed by atoms with Crippen LogP contribution in [0.3, 0.4) is 0 Å². The van der Waals surface area contributed by atoms with Gasteiger partial charge in [-0.3, -0.25) is 14.5 Å².